The molecular weight excluding hydrogens is 413 g/mol. The molecule has 166 valence electrons. The van der Waals surface area contributed by atoms with Crippen molar-refractivity contribution in [3.8, 4) is 22.9 Å². The molecule has 8 heteroatoms. The number of aromatic nitrogens is 2. The van der Waals surface area contributed by atoms with Gasteiger partial charge in [-0.1, -0.05) is 29.4 Å². The van der Waals surface area contributed by atoms with E-state index in [9.17, 15) is 9.18 Å². The number of ether oxygens (including phenoxy) is 2. The van der Waals surface area contributed by atoms with E-state index in [4.69, 9.17) is 14.0 Å². The Kier molecular flexibility index (Phi) is 5.51. The summed E-state index contributed by atoms with van der Waals surface area (Å²) in [5.74, 6) is 1.64. The zero-order valence-electron chi connectivity index (χ0n) is 17.7. The second-order valence-electron chi connectivity index (χ2n) is 8.30. The van der Waals surface area contributed by atoms with Gasteiger partial charge in [-0.25, -0.2) is 4.39 Å². The first-order chi connectivity index (χ1) is 15.6. The van der Waals surface area contributed by atoms with Crippen molar-refractivity contribution >= 4 is 5.91 Å². The number of hydrogen-bond donors (Lipinski definition) is 0. The van der Waals surface area contributed by atoms with Gasteiger partial charge in [-0.05, 0) is 49.9 Å². The van der Waals surface area contributed by atoms with E-state index in [1.807, 2.05) is 36.1 Å². The molecule has 3 unspecified atom stereocenters. The molecule has 2 aliphatic heterocycles. The summed E-state index contributed by atoms with van der Waals surface area (Å²) in [6.45, 7) is 3.10. The van der Waals surface area contributed by atoms with Crippen LogP contribution in [0.15, 0.2) is 53.1 Å². The average molecular weight is 437 g/mol. The Hall–Kier alpha value is -3.42. The summed E-state index contributed by atoms with van der Waals surface area (Å²) in [5, 5.41) is 3.93. The van der Waals surface area contributed by atoms with Crippen LogP contribution in [0.3, 0.4) is 0 Å². The largest absolute Gasteiger partial charge is 0.482 e. The van der Waals surface area contributed by atoms with Crippen LogP contribution in [0.1, 0.15) is 25.7 Å². The molecule has 1 amide bonds. The van der Waals surface area contributed by atoms with Gasteiger partial charge in [-0.2, -0.15) is 4.98 Å². The molecule has 3 heterocycles. The highest BCUT2D eigenvalue weighted by Crippen LogP contribution is 2.34. The highest BCUT2D eigenvalue weighted by atomic mass is 19.1. The van der Waals surface area contributed by atoms with Gasteiger partial charge in [0.25, 0.3) is 5.91 Å². The molecule has 0 radical (unpaired) electrons. The zero-order valence-corrected chi connectivity index (χ0v) is 17.7. The van der Waals surface area contributed by atoms with Crippen molar-refractivity contribution in [2.45, 2.75) is 38.4 Å². The van der Waals surface area contributed by atoms with Crippen LogP contribution in [-0.4, -0.2) is 46.2 Å². The number of halogens is 1. The second kappa shape index (κ2) is 8.61. The van der Waals surface area contributed by atoms with E-state index in [0.29, 0.717) is 42.5 Å². The van der Waals surface area contributed by atoms with Crippen molar-refractivity contribution in [2.24, 2.45) is 5.92 Å². The standard InChI is InChI=1S/C24H24FN3O4/c1-15-22(31-20-11-5-4-10-19(20)30-15)24(29)28-12-6-7-16(14-28)13-21-26-23(27-32-21)17-8-2-3-9-18(17)25/h2-5,8-11,15-16,22H,6-7,12-14H2,1H3. The highest BCUT2D eigenvalue weighted by Gasteiger charge is 2.38. The number of nitrogens with zero attached hydrogens (tertiary/aromatic N) is 3. The van der Waals surface area contributed by atoms with Gasteiger partial charge >= 0.3 is 0 Å². The molecule has 0 spiro atoms. The van der Waals surface area contributed by atoms with Gasteiger partial charge in [0.2, 0.25) is 17.8 Å². The monoisotopic (exact) mass is 437 g/mol. The quantitative estimate of drug-likeness (QED) is 0.616. The molecule has 32 heavy (non-hydrogen) atoms. The summed E-state index contributed by atoms with van der Waals surface area (Å²) in [6, 6.07) is 13.7. The summed E-state index contributed by atoms with van der Waals surface area (Å²) in [7, 11) is 0. The van der Waals surface area contributed by atoms with Crippen molar-refractivity contribution in [3.05, 3.63) is 60.2 Å². The fourth-order valence-corrected chi connectivity index (χ4v) is 4.34. The van der Waals surface area contributed by atoms with Crippen LogP contribution in [-0.2, 0) is 11.2 Å². The minimum atomic E-state index is -0.681. The molecule has 7 nitrogen and oxygen atoms in total. The molecule has 3 aromatic rings. The Morgan fingerprint density at radius 1 is 1.12 bits per heavy atom. The molecule has 1 saturated heterocycles. The van der Waals surface area contributed by atoms with Crippen LogP contribution in [0, 0.1) is 11.7 Å². The minimum Gasteiger partial charge on any atom is -0.482 e. The Labute approximate surface area is 185 Å². The molecule has 2 aliphatic rings. The van der Waals surface area contributed by atoms with E-state index in [-0.39, 0.29) is 29.6 Å². The lowest BCUT2D eigenvalue weighted by Gasteiger charge is -2.37. The van der Waals surface area contributed by atoms with Crippen LogP contribution in [0.25, 0.3) is 11.4 Å². The maximum atomic E-state index is 14.0. The normalized spacial score (nSPS) is 22.6. The molecule has 1 aromatic heterocycles. The van der Waals surface area contributed by atoms with Crippen molar-refractivity contribution < 1.29 is 23.2 Å². The highest BCUT2D eigenvalue weighted by molar-refractivity contribution is 5.82. The van der Waals surface area contributed by atoms with Gasteiger partial charge in [-0.15, -0.1) is 0 Å². The topological polar surface area (TPSA) is 77.7 Å². The summed E-state index contributed by atoms with van der Waals surface area (Å²) < 4.78 is 31.2. The van der Waals surface area contributed by atoms with Crippen molar-refractivity contribution in [1.82, 2.24) is 15.0 Å². The summed E-state index contributed by atoms with van der Waals surface area (Å²) in [4.78, 5) is 19.4. The summed E-state index contributed by atoms with van der Waals surface area (Å²) >= 11 is 0. The van der Waals surface area contributed by atoms with E-state index in [2.05, 4.69) is 10.1 Å². The maximum absolute atomic E-state index is 14.0. The Morgan fingerprint density at radius 2 is 1.88 bits per heavy atom. The predicted molar refractivity (Wildman–Crippen MR) is 114 cm³/mol. The molecular formula is C24H24FN3O4. The Balaban J connectivity index is 1.24. The SMILES string of the molecule is CC1Oc2ccccc2OC1C(=O)N1CCCC(Cc2nc(-c3ccccc3F)no2)C1. The number of carbonyl (C=O) groups excluding carboxylic acids is 1. The molecule has 2 aromatic carbocycles. The lowest BCUT2D eigenvalue weighted by molar-refractivity contribution is -0.146. The number of rotatable bonds is 4. The fourth-order valence-electron chi connectivity index (χ4n) is 4.34. The first kappa shape index (κ1) is 20.5. The molecule has 0 N–H and O–H groups in total. The Morgan fingerprint density at radius 3 is 2.69 bits per heavy atom. The number of fused-ring (bicyclic) bond motifs is 1. The second-order valence-corrected chi connectivity index (χ2v) is 8.30. The number of likely N-dealkylation sites (tertiary alicyclic amines) is 1. The van der Waals surface area contributed by atoms with Crippen LogP contribution >= 0.6 is 0 Å². The Bertz CT molecular complexity index is 1120. The van der Waals surface area contributed by atoms with Gasteiger partial charge in [-0.3, -0.25) is 4.79 Å². The van der Waals surface area contributed by atoms with Crippen LogP contribution in [0.4, 0.5) is 4.39 Å². The van der Waals surface area contributed by atoms with E-state index in [0.717, 1.165) is 12.8 Å². The number of hydrogen-bond acceptors (Lipinski definition) is 6. The summed E-state index contributed by atoms with van der Waals surface area (Å²) in [6.07, 6.45) is 1.30. The van der Waals surface area contributed by atoms with Crippen molar-refractivity contribution in [3.63, 3.8) is 0 Å². The molecule has 3 atom stereocenters. The van der Waals surface area contributed by atoms with Gasteiger partial charge < -0.3 is 18.9 Å². The molecule has 1 fully saturated rings. The zero-order chi connectivity index (χ0) is 22.1. The first-order valence-corrected chi connectivity index (χ1v) is 10.9. The van der Waals surface area contributed by atoms with Gasteiger partial charge in [0.05, 0.1) is 5.56 Å². The number of para-hydroxylation sites is 2. The summed E-state index contributed by atoms with van der Waals surface area (Å²) in [5.41, 5.74) is 0.312. The third-order valence-corrected chi connectivity index (χ3v) is 5.96. The van der Waals surface area contributed by atoms with Gasteiger partial charge in [0.1, 0.15) is 11.9 Å². The van der Waals surface area contributed by atoms with E-state index in [1.54, 1.807) is 18.2 Å². The van der Waals surface area contributed by atoms with Crippen LogP contribution < -0.4 is 9.47 Å². The number of benzene rings is 2. The predicted octanol–water partition coefficient (Wildman–Crippen LogP) is 3.89. The van der Waals surface area contributed by atoms with Crippen LogP contribution in [0.2, 0.25) is 0 Å². The van der Waals surface area contributed by atoms with E-state index in [1.165, 1.54) is 6.07 Å². The van der Waals surface area contributed by atoms with Gasteiger partial charge in [0.15, 0.2) is 11.5 Å². The van der Waals surface area contributed by atoms with Crippen LogP contribution in [0.5, 0.6) is 11.5 Å². The third-order valence-electron chi connectivity index (χ3n) is 5.96. The first-order valence-electron chi connectivity index (χ1n) is 10.9. The number of piperidine rings is 1. The molecule has 0 saturated carbocycles. The number of carbonyl (C=O) groups is 1. The van der Waals surface area contributed by atoms with Gasteiger partial charge in [0, 0.05) is 19.5 Å². The maximum Gasteiger partial charge on any atom is 0.267 e. The lowest BCUT2D eigenvalue weighted by Crippen LogP contribution is -2.53. The molecule has 0 aliphatic carbocycles. The van der Waals surface area contributed by atoms with E-state index < -0.39 is 6.10 Å². The minimum absolute atomic E-state index is 0.0747. The third kappa shape index (κ3) is 4.04. The number of amides is 1. The smallest absolute Gasteiger partial charge is 0.267 e. The lowest BCUT2D eigenvalue weighted by atomic mass is 9.94. The van der Waals surface area contributed by atoms with Crippen molar-refractivity contribution in [2.75, 3.05) is 13.1 Å². The fraction of sp³-hybridized carbons (Fsp3) is 0.375. The molecule has 5 rings (SSSR count). The average Bonchev–Trinajstić information content (AvgIpc) is 3.27. The van der Waals surface area contributed by atoms with Crippen molar-refractivity contribution in [1.29, 1.82) is 0 Å². The van der Waals surface area contributed by atoms with E-state index >= 15 is 0 Å². The molecule has 0 bridgehead atoms.